The molecule has 0 saturated carbocycles. The number of carbonyl (C=O) groups is 1. The highest BCUT2D eigenvalue weighted by atomic mass is 32.2. The molecule has 0 atom stereocenters. The van der Waals surface area contributed by atoms with Gasteiger partial charge >= 0.3 is 5.97 Å². The van der Waals surface area contributed by atoms with E-state index in [9.17, 15) is 13.2 Å². The zero-order valence-electron chi connectivity index (χ0n) is 11.8. The highest BCUT2D eigenvalue weighted by molar-refractivity contribution is 7.86. The predicted molar refractivity (Wildman–Crippen MR) is 75.5 cm³/mol. The molecule has 116 valence electrons. The maximum absolute atomic E-state index is 12.6. The fourth-order valence-electron chi connectivity index (χ4n) is 2.95. The van der Waals surface area contributed by atoms with E-state index in [-0.39, 0.29) is 0 Å². The molecule has 1 N–H and O–H groups in total. The van der Waals surface area contributed by atoms with Gasteiger partial charge in [0.25, 0.3) is 10.2 Å². The molecule has 0 spiro atoms. The van der Waals surface area contributed by atoms with Crippen molar-refractivity contribution in [1.82, 2.24) is 8.61 Å². The summed E-state index contributed by atoms with van der Waals surface area (Å²) >= 11 is 0. The summed E-state index contributed by atoms with van der Waals surface area (Å²) in [5.74, 6) is -1.21. The first-order chi connectivity index (χ1) is 9.51. The second kappa shape index (κ2) is 6.87. The topological polar surface area (TPSA) is 77.9 Å². The van der Waals surface area contributed by atoms with E-state index in [2.05, 4.69) is 0 Å². The quantitative estimate of drug-likeness (QED) is 0.852. The van der Waals surface area contributed by atoms with Gasteiger partial charge in [0.1, 0.15) is 0 Å². The molecular formula is C13H24N2O4S. The first-order valence-corrected chi connectivity index (χ1v) is 8.89. The van der Waals surface area contributed by atoms with Crippen LogP contribution in [0, 0.1) is 5.92 Å². The summed E-state index contributed by atoms with van der Waals surface area (Å²) in [4.78, 5) is 10.9. The third-order valence-corrected chi connectivity index (χ3v) is 6.31. The van der Waals surface area contributed by atoms with Crippen molar-refractivity contribution in [2.45, 2.75) is 44.9 Å². The average molecular weight is 304 g/mol. The Kier molecular flexibility index (Phi) is 5.40. The molecule has 0 aromatic heterocycles. The van der Waals surface area contributed by atoms with Crippen LogP contribution in [0.1, 0.15) is 44.9 Å². The standard InChI is InChI=1S/C13H24N2O4S/c16-13(17)12-6-10-15(11-7-12)20(18,19)14-8-4-2-1-3-5-9-14/h12H,1-11H2,(H,16,17). The van der Waals surface area contributed by atoms with Crippen molar-refractivity contribution < 1.29 is 18.3 Å². The molecule has 0 aromatic rings. The number of piperidine rings is 1. The van der Waals surface area contributed by atoms with Crippen LogP contribution in [0.25, 0.3) is 0 Å². The molecule has 0 bridgehead atoms. The number of aliphatic carboxylic acids is 1. The number of hydrogen-bond donors (Lipinski definition) is 1. The van der Waals surface area contributed by atoms with Gasteiger partial charge in [-0.3, -0.25) is 4.79 Å². The smallest absolute Gasteiger partial charge is 0.306 e. The van der Waals surface area contributed by atoms with Gasteiger partial charge < -0.3 is 5.11 Å². The zero-order chi connectivity index (χ0) is 14.6. The van der Waals surface area contributed by atoms with Crippen LogP contribution in [-0.4, -0.2) is 54.3 Å². The molecule has 2 aliphatic heterocycles. The molecule has 0 radical (unpaired) electrons. The Morgan fingerprint density at radius 1 is 0.850 bits per heavy atom. The summed E-state index contributed by atoms with van der Waals surface area (Å²) in [6.07, 6.45) is 6.05. The Morgan fingerprint density at radius 2 is 1.30 bits per heavy atom. The molecule has 0 unspecified atom stereocenters. The van der Waals surface area contributed by atoms with E-state index >= 15 is 0 Å². The first kappa shape index (κ1) is 15.7. The minimum absolute atomic E-state index is 0.329. The van der Waals surface area contributed by atoms with Gasteiger partial charge in [-0.1, -0.05) is 19.3 Å². The predicted octanol–water partition coefficient (Wildman–Crippen LogP) is 1.29. The van der Waals surface area contributed by atoms with Crippen molar-refractivity contribution in [3.05, 3.63) is 0 Å². The SMILES string of the molecule is O=C(O)C1CCN(S(=O)(=O)N2CCCCCCC2)CC1. The lowest BCUT2D eigenvalue weighted by Gasteiger charge is -2.34. The van der Waals surface area contributed by atoms with Crippen molar-refractivity contribution in [3.8, 4) is 0 Å². The van der Waals surface area contributed by atoms with Crippen LogP contribution in [0.4, 0.5) is 0 Å². The van der Waals surface area contributed by atoms with Crippen molar-refractivity contribution in [3.63, 3.8) is 0 Å². The van der Waals surface area contributed by atoms with Crippen LogP contribution in [0.15, 0.2) is 0 Å². The Hall–Kier alpha value is -0.660. The molecule has 2 rings (SSSR count). The van der Waals surface area contributed by atoms with Crippen LogP contribution in [0.2, 0.25) is 0 Å². The van der Waals surface area contributed by atoms with E-state index in [4.69, 9.17) is 5.11 Å². The van der Waals surface area contributed by atoms with Crippen LogP contribution in [-0.2, 0) is 15.0 Å². The van der Waals surface area contributed by atoms with Crippen LogP contribution < -0.4 is 0 Å². The first-order valence-electron chi connectivity index (χ1n) is 7.50. The van der Waals surface area contributed by atoms with Crippen LogP contribution in [0.5, 0.6) is 0 Å². The molecule has 2 aliphatic rings. The van der Waals surface area contributed by atoms with Crippen molar-refractivity contribution in [1.29, 1.82) is 0 Å². The summed E-state index contributed by atoms with van der Waals surface area (Å²) in [7, 11) is -3.40. The van der Waals surface area contributed by atoms with E-state index < -0.39 is 22.1 Å². The fourth-order valence-corrected chi connectivity index (χ4v) is 4.66. The highest BCUT2D eigenvalue weighted by Crippen LogP contribution is 2.23. The minimum atomic E-state index is -3.40. The number of nitrogens with zero attached hydrogens (tertiary/aromatic N) is 2. The Bertz CT molecular complexity index is 422. The number of rotatable bonds is 3. The molecule has 2 heterocycles. The maximum Gasteiger partial charge on any atom is 0.306 e. The van der Waals surface area contributed by atoms with Gasteiger partial charge in [-0.05, 0) is 25.7 Å². The summed E-state index contributed by atoms with van der Waals surface area (Å²) in [6.45, 7) is 1.86. The zero-order valence-corrected chi connectivity index (χ0v) is 12.6. The molecule has 0 amide bonds. The van der Waals surface area contributed by atoms with E-state index in [1.807, 2.05) is 0 Å². The van der Waals surface area contributed by atoms with E-state index in [1.165, 1.54) is 10.7 Å². The monoisotopic (exact) mass is 304 g/mol. The third-order valence-electron chi connectivity index (χ3n) is 4.27. The molecular weight excluding hydrogens is 280 g/mol. The molecule has 0 aliphatic carbocycles. The van der Waals surface area contributed by atoms with Gasteiger partial charge in [-0.25, -0.2) is 0 Å². The van der Waals surface area contributed by atoms with Crippen molar-refractivity contribution in [2.75, 3.05) is 26.2 Å². The van der Waals surface area contributed by atoms with Gasteiger partial charge in [0, 0.05) is 26.2 Å². The number of carboxylic acids is 1. The fraction of sp³-hybridized carbons (Fsp3) is 0.923. The molecule has 7 heteroatoms. The molecule has 2 saturated heterocycles. The minimum Gasteiger partial charge on any atom is -0.481 e. The third kappa shape index (κ3) is 3.71. The van der Waals surface area contributed by atoms with Crippen LogP contribution in [0.3, 0.4) is 0 Å². The highest BCUT2D eigenvalue weighted by Gasteiger charge is 2.34. The Balaban J connectivity index is 1.97. The maximum atomic E-state index is 12.6. The molecule has 2 fully saturated rings. The van der Waals surface area contributed by atoms with Crippen molar-refractivity contribution >= 4 is 16.2 Å². The largest absolute Gasteiger partial charge is 0.481 e. The summed E-state index contributed by atoms with van der Waals surface area (Å²) in [5, 5.41) is 8.97. The second-order valence-electron chi connectivity index (χ2n) is 5.69. The van der Waals surface area contributed by atoms with E-state index in [0.29, 0.717) is 39.0 Å². The Labute approximate surface area is 120 Å². The van der Waals surface area contributed by atoms with Gasteiger partial charge in [0.05, 0.1) is 5.92 Å². The van der Waals surface area contributed by atoms with Gasteiger partial charge in [0.15, 0.2) is 0 Å². The number of hydrogen-bond acceptors (Lipinski definition) is 3. The second-order valence-corrected chi connectivity index (χ2v) is 7.61. The summed E-state index contributed by atoms with van der Waals surface area (Å²) in [6, 6.07) is 0. The molecule has 6 nitrogen and oxygen atoms in total. The summed E-state index contributed by atoms with van der Waals surface area (Å²) in [5.41, 5.74) is 0. The lowest BCUT2D eigenvalue weighted by molar-refractivity contribution is -0.142. The lowest BCUT2D eigenvalue weighted by Crippen LogP contribution is -2.48. The number of carboxylic acid groups (broad SMARTS) is 1. The molecule has 20 heavy (non-hydrogen) atoms. The normalized spacial score (nSPS) is 25.0. The van der Waals surface area contributed by atoms with Crippen molar-refractivity contribution in [2.24, 2.45) is 5.92 Å². The lowest BCUT2D eigenvalue weighted by atomic mass is 9.99. The Morgan fingerprint density at radius 3 is 1.80 bits per heavy atom. The van der Waals surface area contributed by atoms with Gasteiger partial charge in [-0.15, -0.1) is 0 Å². The molecule has 0 aromatic carbocycles. The van der Waals surface area contributed by atoms with Gasteiger partial charge in [-0.2, -0.15) is 17.0 Å². The van der Waals surface area contributed by atoms with Gasteiger partial charge in [0.2, 0.25) is 0 Å². The van der Waals surface area contributed by atoms with E-state index in [0.717, 1.165) is 25.7 Å². The van der Waals surface area contributed by atoms with E-state index in [1.54, 1.807) is 4.31 Å². The average Bonchev–Trinajstić information content (AvgIpc) is 2.38. The summed E-state index contributed by atoms with van der Waals surface area (Å²) < 4.78 is 28.2. The van der Waals surface area contributed by atoms with Crippen LogP contribution >= 0.6 is 0 Å².